The number of aliphatic hydroxyl groups is 1. The minimum absolute atomic E-state index is 0.0197. The second-order valence-electron chi connectivity index (χ2n) is 11.0. The molecule has 37 heavy (non-hydrogen) atoms. The fraction of sp³-hybridized carbons (Fsp3) is 0.538. The van der Waals surface area contributed by atoms with Crippen LogP contribution in [0.3, 0.4) is 0 Å². The highest BCUT2D eigenvalue weighted by atomic mass is 35.5. The molecule has 11 heteroatoms. The maximum atomic E-state index is 14.6. The number of amides is 1. The van der Waals surface area contributed by atoms with Crippen LogP contribution in [0.15, 0.2) is 24.4 Å². The number of benzene rings is 1. The third-order valence-corrected chi connectivity index (χ3v) is 8.29. The first kappa shape index (κ1) is 25.7. The highest BCUT2D eigenvalue weighted by Gasteiger charge is 2.35. The van der Waals surface area contributed by atoms with E-state index in [1.807, 2.05) is 4.57 Å². The Morgan fingerprint density at radius 2 is 1.97 bits per heavy atom. The Morgan fingerprint density at radius 3 is 2.65 bits per heavy atom. The summed E-state index contributed by atoms with van der Waals surface area (Å²) in [4.78, 5) is 25.7. The summed E-state index contributed by atoms with van der Waals surface area (Å²) in [5, 5.41) is 17.2. The van der Waals surface area contributed by atoms with Crippen LogP contribution in [0.2, 0.25) is 5.02 Å². The van der Waals surface area contributed by atoms with Crippen molar-refractivity contribution in [1.82, 2.24) is 19.5 Å². The van der Waals surface area contributed by atoms with Gasteiger partial charge in [0, 0.05) is 18.0 Å². The number of hydrogen-bond donors (Lipinski definition) is 4. The van der Waals surface area contributed by atoms with Crippen LogP contribution < -0.4 is 16.4 Å². The number of para-hydroxylation sites is 1. The molecule has 2 aliphatic rings. The van der Waals surface area contributed by atoms with E-state index in [4.69, 9.17) is 22.3 Å². The molecule has 2 fully saturated rings. The Kier molecular flexibility index (Phi) is 6.97. The van der Waals surface area contributed by atoms with Crippen LogP contribution in [0.25, 0.3) is 11.2 Å². The first-order chi connectivity index (χ1) is 17.6. The number of anilines is 3. The van der Waals surface area contributed by atoms with Crippen LogP contribution in [0, 0.1) is 17.2 Å². The highest BCUT2D eigenvalue weighted by Crippen LogP contribution is 2.39. The average Bonchev–Trinajstić information content (AvgIpc) is 3.21. The molecule has 2 aromatic heterocycles. The smallest absolute Gasteiger partial charge is 0.224 e. The molecule has 3 aromatic rings. The van der Waals surface area contributed by atoms with Gasteiger partial charge < -0.3 is 21.5 Å². The van der Waals surface area contributed by atoms with Crippen molar-refractivity contribution in [2.45, 2.75) is 77.0 Å². The lowest BCUT2D eigenvalue weighted by Crippen LogP contribution is -2.41. The molecule has 2 atom stereocenters. The predicted octanol–water partition coefficient (Wildman–Crippen LogP) is 4.93. The van der Waals surface area contributed by atoms with Crippen molar-refractivity contribution >= 4 is 46.3 Å². The van der Waals surface area contributed by atoms with E-state index in [2.05, 4.69) is 34.4 Å². The van der Waals surface area contributed by atoms with Crippen LogP contribution in [0.5, 0.6) is 0 Å². The van der Waals surface area contributed by atoms with Gasteiger partial charge in [-0.1, -0.05) is 31.5 Å². The zero-order valence-electron chi connectivity index (χ0n) is 21.0. The number of imidazole rings is 1. The quantitative estimate of drug-likeness (QED) is 0.356. The summed E-state index contributed by atoms with van der Waals surface area (Å²) in [5.41, 5.74) is 6.73. The Labute approximate surface area is 220 Å². The Hall–Kier alpha value is -2.98. The van der Waals surface area contributed by atoms with Gasteiger partial charge in [0.1, 0.15) is 11.3 Å². The number of nitrogens with zero attached hydrogens (tertiary/aromatic N) is 4. The summed E-state index contributed by atoms with van der Waals surface area (Å²) in [6, 6.07) is 4.52. The van der Waals surface area contributed by atoms with E-state index in [1.54, 1.807) is 18.3 Å². The first-order valence-electron chi connectivity index (χ1n) is 12.8. The van der Waals surface area contributed by atoms with Crippen LogP contribution in [-0.2, 0) is 4.79 Å². The molecule has 0 spiro atoms. The number of nitrogens with one attached hydrogen (secondary N) is 2. The number of carbonyl (C=O) groups excluding carboxylic acids is 1. The van der Waals surface area contributed by atoms with E-state index in [0.717, 1.165) is 12.8 Å². The zero-order valence-corrected chi connectivity index (χ0v) is 21.8. The van der Waals surface area contributed by atoms with Gasteiger partial charge in [-0.3, -0.25) is 9.36 Å². The number of aromatic nitrogens is 4. The molecule has 0 aliphatic heterocycles. The lowest BCUT2D eigenvalue weighted by Gasteiger charge is -2.39. The highest BCUT2D eigenvalue weighted by molar-refractivity contribution is 6.33. The minimum Gasteiger partial charge on any atom is -0.392 e. The minimum atomic E-state index is -0.490. The molecule has 2 aliphatic carbocycles. The van der Waals surface area contributed by atoms with Crippen molar-refractivity contribution in [2.24, 2.45) is 17.1 Å². The second kappa shape index (κ2) is 10.1. The third-order valence-electron chi connectivity index (χ3n) is 7.98. The molecule has 2 saturated carbocycles. The normalized spacial score (nSPS) is 25.6. The number of nitrogens with two attached hydrogens (primary N) is 1. The van der Waals surface area contributed by atoms with Crippen molar-refractivity contribution in [1.29, 1.82) is 0 Å². The van der Waals surface area contributed by atoms with Crippen molar-refractivity contribution in [3.05, 3.63) is 35.2 Å². The van der Waals surface area contributed by atoms with Crippen molar-refractivity contribution in [3.8, 4) is 0 Å². The second-order valence-corrected chi connectivity index (χ2v) is 11.4. The molecular formula is C26H33ClFN7O2. The topological polar surface area (TPSA) is 131 Å². The number of halogens is 2. The van der Waals surface area contributed by atoms with Crippen LogP contribution in [0.1, 0.15) is 64.8 Å². The summed E-state index contributed by atoms with van der Waals surface area (Å²) < 4.78 is 16.6. The molecular weight excluding hydrogens is 497 g/mol. The number of fused-ring (bicyclic) bond motifs is 1. The maximum absolute atomic E-state index is 14.6. The third kappa shape index (κ3) is 5.22. The zero-order chi connectivity index (χ0) is 26.3. The van der Waals surface area contributed by atoms with Gasteiger partial charge >= 0.3 is 0 Å². The lowest BCUT2D eigenvalue weighted by atomic mass is 9.73. The number of rotatable bonds is 6. The summed E-state index contributed by atoms with van der Waals surface area (Å²) in [6.07, 6.45) is 6.38. The van der Waals surface area contributed by atoms with Crippen molar-refractivity contribution in [2.75, 3.05) is 10.6 Å². The molecule has 5 N–H and O–H groups in total. The van der Waals surface area contributed by atoms with Crippen molar-refractivity contribution in [3.63, 3.8) is 0 Å². The monoisotopic (exact) mass is 529 g/mol. The predicted molar refractivity (Wildman–Crippen MR) is 141 cm³/mol. The van der Waals surface area contributed by atoms with E-state index in [-0.39, 0.29) is 40.0 Å². The summed E-state index contributed by atoms with van der Waals surface area (Å²) in [5.74, 6) is -0.0668. The molecule has 1 amide bonds. The van der Waals surface area contributed by atoms with Crippen LogP contribution >= 0.6 is 11.6 Å². The van der Waals surface area contributed by atoms with Gasteiger partial charge in [-0.25, -0.2) is 14.4 Å². The van der Waals surface area contributed by atoms with Crippen LogP contribution in [0.4, 0.5) is 22.0 Å². The summed E-state index contributed by atoms with van der Waals surface area (Å²) >= 11 is 6.29. The average molecular weight is 530 g/mol. The van der Waals surface area contributed by atoms with Gasteiger partial charge in [0.15, 0.2) is 5.65 Å². The first-order valence-corrected chi connectivity index (χ1v) is 13.2. The molecule has 1 unspecified atom stereocenters. The molecule has 5 rings (SSSR count). The summed E-state index contributed by atoms with van der Waals surface area (Å²) in [7, 11) is 0. The molecule has 1 aromatic carbocycles. The molecule has 9 nitrogen and oxygen atoms in total. The Bertz CT molecular complexity index is 1290. The maximum Gasteiger partial charge on any atom is 0.224 e. The summed E-state index contributed by atoms with van der Waals surface area (Å²) in [6.45, 7) is 4.16. The van der Waals surface area contributed by atoms with Gasteiger partial charge in [-0.05, 0) is 62.5 Å². The molecule has 0 bridgehead atoms. The van der Waals surface area contributed by atoms with Crippen LogP contribution in [-0.4, -0.2) is 42.7 Å². The SMILES string of the molecule is CC1(C)CCC(Nc2ncc3nc(Nc4c(F)cccc4Cl)n(C4CCC(C(N)=O)CC4)c3n2)C[C@H]1O. The van der Waals surface area contributed by atoms with E-state index in [9.17, 15) is 14.3 Å². The lowest BCUT2D eigenvalue weighted by molar-refractivity contribution is -0.122. The molecule has 198 valence electrons. The Morgan fingerprint density at radius 1 is 1.22 bits per heavy atom. The van der Waals surface area contributed by atoms with Crippen molar-refractivity contribution < 1.29 is 14.3 Å². The molecule has 0 saturated heterocycles. The number of hydrogen-bond acceptors (Lipinski definition) is 7. The Balaban J connectivity index is 1.49. The molecule has 0 radical (unpaired) electrons. The van der Waals surface area contributed by atoms with E-state index >= 15 is 0 Å². The fourth-order valence-corrected chi connectivity index (χ4v) is 5.69. The van der Waals surface area contributed by atoms with Gasteiger partial charge in [0.2, 0.25) is 17.8 Å². The number of carbonyl (C=O) groups is 1. The van der Waals surface area contributed by atoms with E-state index < -0.39 is 11.9 Å². The largest absolute Gasteiger partial charge is 0.392 e. The van der Waals surface area contributed by atoms with Gasteiger partial charge in [0.05, 0.1) is 23.0 Å². The van der Waals surface area contributed by atoms with Gasteiger partial charge in [0.25, 0.3) is 0 Å². The van der Waals surface area contributed by atoms with E-state index in [1.165, 1.54) is 6.07 Å². The number of primary amides is 1. The van der Waals surface area contributed by atoms with Gasteiger partial charge in [-0.15, -0.1) is 0 Å². The van der Waals surface area contributed by atoms with Gasteiger partial charge in [-0.2, -0.15) is 4.98 Å². The van der Waals surface area contributed by atoms with E-state index in [0.29, 0.717) is 55.2 Å². The number of aliphatic hydroxyl groups excluding tert-OH is 1. The fourth-order valence-electron chi connectivity index (χ4n) is 5.47. The molecule has 2 heterocycles. The standard InChI is InChI=1S/C26H33ClFN7O2/c1-26(2)11-10-15(12-20(26)36)31-24-30-13-19-23(34-24)35(16-8-6-14(7-9-16)22(29)37)25(32-19)33-21-17(27)4-3-5-18(21)28/h3-5,13-16,20,36H,6-12H2,1-2H3,(H2,29,37)(H,32,33)(H,30,31,34)/t14?,15?,16?,20-/m1/s1.